The molecule has 1 N–H and O–H groups in total. The lowest BCUT2D eigenvalue weighted by Crippen LogP contribution is -1.99. The largest absolute Gasteiger partial charge is 0.491 e. The van der Waals surface area contributed by atoms with E-state index in [1.807, 2.05) is 6.92 Å². The number of nitrogens with zero attached hydrogens (tertiary/aromatic N) is 2. The van der Waals surface area contributed by atoms with Gasteiger partial charge in [-0.15, -0.1) is 0 Å². The van der Waals surface area contributed by atoms with E-state index in [-0.39, 0.29) is 11.6 Å². The third-order valence-electron chi connectivity index (χ3n) is 2.62. The number of halogens is 1. The van der Waals surface area contributed by atoms with Crippen molar-refractivity contribution in [3.8, 4) is 17.0 Å². The predicted molar refractivity (Wildman–Crippen MR) is 72.9 cm³/mol. The Balaban J connectivity index is 2.41. The number of hydrogen-bond donors (Lipinski definition) is 1. The third kappa shape index (κ3) is 2.99. The summed E-state index contributed by atoms with van der Waals surface area (Å²) in [7, 11) is 1.78. The van der Waals surface area contributed by atoms with E-state index in [1.165, 1.54) is 6.07 Å². The summed E-state index contributed by atoms with van der Waals surface area (Å²) in [5.41, 5.74) is 1.38. The summed E-state index contributed by atoms with van der Waals surface area (Å²) >= 11 is 0. The van der Waals surface area contributed by atoms with Crippen molar-refractivity contribution in [1.82, 2.24) is 9.97 Å². The van der Waals surface area contributed by atoms with Gasteiger partial charge in [-0.05, 0) is 32.0 Å². The van der Waals surface area contributed by atoms with Crippen LogP contribution in [0, 0.1) is 12.7 Å². The molecule has 5 heteroatoms. The molecule has 1 aromatic carbocycles. The van der Waals surface area contributed by atoms with Gasteiger partial charge in [-0.3, -0.25) is 0 Å². The number of aryl methyl sites for hydroxylation is 1. The first-order chi connectivity index (χ1) is 9.13. The van der Waals surface area contributed by atoms with E-state index in [0.717, 1.165) is 0 Å². The zero-order valence-electron chi connectivity index (χ0n) is 11.2. The minimum Gasteiger partial charge on any atom is -0.491 e. The maximum Gasteiger partial charge on any atom is 0.165 e. The van der Waals surface area contributed by atoms with Gasteiger partial charge in [0.25, 0.3) is 0 Å². The van der Waals surface area contributed by atoms with Crippen LogP contribution in [0.1, 0.15) is 12.7 Å². The van der Waals surface area contributed by atoms with Gasteiger partial charge in [0.15, 0.2) is 11.6 Å². The average molecular weight is 261 g/mol. The Kier molecular flexibility index (Phi) is 3.94. The first-order valence-corrected chi connectivity index (χ1v) is 6.10. The van der Waals surface area contributed by atoms with Gasteiger partial charge in [0, 0.05) is 18.7 Å². The second-order valence-corrected chi connectivity index (χ2v) is 4.01. The minimum atomic E-state index is -0.387. The van der Waals surface area contributed by atoms with Crippen LogP contribution in [0.15, 0.2) is 24.3 Å². The highest BCUT2D eigenvalue weighted by Gasteiger charge is 2.08. The van der Waals surface area contributed by atoms with Crippen molar-refractivity contribution in [3.05, 3.63) is 35.9 Å². The van der Waals surface area contributed by atoms with Crippen LogP contribution in [-0.4, -0.2) is 23.6 Å². The summed E-state index contributed by atoms with van der Waals surface area (Å²) in [6.07, 6.45) is 0. The molecule has 1 aromatic heterocycles. The summed E-state index contributed by atoms with van der Waals surface area (Å²) in [6, 6.07) is 6.61. The number of rotatable bonds is 4. The fourth-order valence-electron chi connectivity index (χ4n) is 1.78. The monoisotopic (exact) mass is 261 g/mol. The molecule has 2 aromatic rings. The molecular weight excluding hydrogens is 245 g/mol. The number of nitrogens with one attached hydrogen (secondary N) is 1. The van der Waals surface area contributed by atoms with Gasteiger partial charge in [0.2, 0.25) is 0 Å². The third-order valence-corrected chi connectivity index (χ3v) is 2.62. The quantitative estimate of drug-likeness (QED) is 0.919. The lowest BCUT2D eigenvalue weighted by atomic mass is 10.1. The van der Waals surface area contributed by atoms with Gasteiger partial charge < -0.3 is 10.1 Å². The molecular formula is C14H16FN3O. The Hall–Kier alpha value is -2.17. The van der Waals surface area contributed by atoms with Crippen molar-refractivity contribution >= 4 is 5.82 Å². The SMILES string of the molecule is CCOc1ccc(-c2cc(NC)nc(C)n2)cc1F. The Labute approximate surface area is 111 Å². The Morgan fingerprint density at radius 2 is 2.05 bits per heavy atom. The average Bonchev–Trinajstić information content (AvgIpc) is 2.40. The minimum absolute atomic E-state index is 0.255. The highest BCUT2D eigenvalue weighted by Crippen LogP contribution is 2.25. The molecule has 2 rings (SSSR count). The van der Waals surface area contributed by atoms with Crippen molar-refractivity contribution < 1.29 is 9.13 Å². The van der Waals surface area contributed by atoms with E-state index < -0.39 is 0 Å². The Bertz CT molecular complexity index is 587. The molecule has 0 fully saturated rings. The molecule has 100 valence electrons. The van der Waals surface area contributed by atoms with Crippen LogP contribution in [-0.2, 0) is 0 Å². The lowest BCUT2D eigenvalue weighted by molar-refractivity contribution is 0.321. The van der Waals surface area contributed by atoms with Crippen molar-refractivity contribution in [1.29, 1.82) is 0 Å². The molecule has 0 atom stereocenters. The summed E-state index contributed by atoms with van der Waals surface area (Å²) < 4.78 is 19.0. The van der Waals surface area contributed by atoms with E-state index in [0.29, 0.717) is 29.5 Å². The first kappa shape index (κ1) is 13.3. The number of aromatic nitrogens is 2. The van der Waals surface area contributed by atoms with Gasteiger partial charge in [0.05, 0.1) is 12.3 Å². The molecule has 4 nitrogen and oxygen atoms in total. The van der Waals surface area contributed by atoms with Gasteiger partial charge in [0.1, 0.15) is 11.6 Å². The molecule has 0 radical (unpaired) electrons. The summed E-state index contributed by atoms with van der Waals surface area (Å²) in [4.78, 5) is 8.52. The standard InChI is InChI=1S/C14H16FN3O/c1-4-19-13-6-5-10(7-11(13)15)12-8-14(16-3)18-9(2)17-12/h5-8H,4H2,1-3H3,(H,16,17,18). The highest BCUT2D eigenvalue weighted by molar-refractivity contribution is 5.63. The van der Waals surface area contributed by atoms with Crippen molar-refractivity contribution in [3.63, 3.8) is 0 Å². The maximum absolute atomic E-state index is 13.8. The number of benzene rings is 1. The molecule has 0 saturated carbocycles. The summed E-state index contributed by atoms with van der Waals surface area (Å²) in [6.45, 7) is 4.06. The molecule has 1 heterocycles. The fraction of sp³-hybridized carbons (Fsp3) is 0.286. The van der Waals surface area contributed by atoms with Gasteiger partial charge in [-0.1, -0.05) is 0 Å². The van der Waals surface area contributed by atoms with Gasteiger partial charge >= 0.3 is 0 Å². The fourth-order valence-corrected chi connectivity index (χ4v) is 1.78. The van der Waals surface area contributed by atoms with Gasteiger partial charge in [-0.2, -0.15) is 0 Å². The maximum atomic E-state index is 13.8. The second-order valence-electron chi connectivity index (χ2n) is 4.01. The van der Waals surface area contributed by atoms with E-state index in [9.17, 15) is 4.39 Å². The van der Waals surface area contributed by atoms with E-state index >= 15 is 0 Å². The van der Waals surface area contributed by atoms with Crippen LogP contribution in [0.3, 0.4) is 0 Å². The van der Waals surface area contributed by atoms with E-state index in [2.05, 4.69) is 15.3 Å². The summed E-state index contributed by atoms with van der Waals surface area (Å²) in [5, 5.41) is 2.95. The molecule has 0 bridgehead atoms. The zero-order chi connectivity index (χ0) is 13.8. The van der Waals surface area contributed by atoms with Crippen LogP contribution in [0.5, 0.6) is 5.75 Å². The smallest absolute Gasteiger partial charge is 0.165 e. The van der Waals surface area contributed by atoms with Crippen molar-refractivity contribution in [2.75, 3.05) is 19.0 Å². The topological polar surface area (TPSA) is 47.0 Å². The normalized spacial score (nSPS) is 10.3. The zero-order valence-corrected chi connectivity index (χ0v) is 11.2. The molecule has 0 amide bonds. The molecule has 0 unspecified atom stereocenters. The van der Waals surface area contributed by atoms with Crippen LogP contribution in [0.2, 0.25) is 0 Å². The molecule has 0 aliphatic carbocycles. The molecule has 0 aliphatic rings. The highest BCUT2D eigenvalue weighted by atomic mass is 19.1. The number of anilines is 1. The van der Waals surface area contributed by atoms with Crippen molar-refractivity contribution in [2.24, 2.45) is 0 Å². The second kappa shape index (κ2) is 5.65. The van der Waals surface area contributed by atoms with Crippen LogP contribution < -0.4 is 10.1 Å². The molecule has 0 saturated heterocycles. The Morgan fingerprint density at radius 3 is 2.68 bits per heavy atom. The first-order valence-electron chi connectivity index (χ1n) is 6.10. The summed E-state index contributed by atoms with van der Waals surface area (Å²) in [5.74, 6) is 1.21. The van der Waals surface area contributed by atoms with E-state index in [4.69, 9.17) is 4.74 Å². The molecule has 0 spiro atoms. The Morgan fingerprint density at radius 1 is 1.26 bits per heavy atom. The molecule has 0 aliphatic heterocycles. The number of hydrogen-bond acceptors (Lipinski definition) is 4. The van der Waals surface area contributed by atoms with Crippen molar-refractivity contribution in [2.45, 2.75) is 13.8 Å². The van der Waals surface area contributed by atoms with Crippen LogP contribution >= 0.6 is 0 Å². The predicted octanol–water partition coefficient (Wildman–Crippen LogP) is 3.03. The van der Waals surface area contributed by atoms with Gasteiger partial charge in [-0.25, -0.2) is 14.4 Å². The molecule has 19 heavy (non-hydrogen) atoms. The van der Waals surface area contributed by atoms with E-state index in [1.54, 1.807) is 32.2 Å². The lowest BCUT2D eigenvalue weighted by Gasteiger charge is -2.08. The van der Waals surface area contributed by atoms with Crippen LogP contribution in [0.4, 0.5) is 10.2 Å². The number of ether oxygens (including phenoxy) is 1. The van der Waals surface area contributed by atoms with Crippen LogP contribution in [0.25, 0.3) is 11.3 Å².